The van der Waals surface area contributed by atoms with Gasteiger partial charge in [0.05, 0.1) is 16.8 Å². The van der Waals surface area contributed by atoms with Crippen LogP contribution in [0.15, 0.2) is 46.8 Å². The van der Waals surface area contributed by atoms with Crippen molar-refractivity contribution < 1.29 is 4.79 Å². The zero-order chi connectivity index (χ0) is 26.4. The Morgan fingerprint density at radius 2 is 2.05 bits per heavy atom. The molecule has 3 aromatic heterocycles. The summed E-state index contributed by atoms with van der Waals surface area (Å²) in [5.41, 5.74) is 1.64. The molecule has 1 fully saturated rings. The summed E-state index contributed by atoms with van der Waals surface area (Å²) in [7, 11) is 0. The average Bonchev–Trinajstić information content (AvgIpc) is 3.50. The smallest absolute Gasteiger partial charge is 0.267 e. The number of thioether (sulfide) groups is 1. The molecule has 1 atom stereocenters. The fraction of sp³-hybridized carbons (Fsp3) is 0.444. The van der Waals surface area contributed by atoms with Gasteiger partial charge in [-0.05, 0) is 43.4 Å². The molecule has 8 nitrogen and oxygen atoms in total. The highest BCUT2D eigenvalue weighted by atomic mass is 32.2. The van der Waals surface area contributed by atoms with Crippen LogP contribution in [-0.4, -0.2) is 47.2 Å². The van der Waals surface area contributed by atoms with E-state index < -0.39 is 0 Å². The molecule has 196 valence electrons. The van der Waals surface area contributed by atoms with Gasteiger partial charge >= 0.3 is 0 Å². The van der Waals surface area contributed by atoms with Gasteiger partial charge in [-0.1, -0.05) is 63.2 Å². The molecule has 37 heavy (non-hydrogen) atoms. The Hall–Kier alpha value is -2.98. The van der Waals surface area contributed by atoms with Gasteiger partial charge in [0.1, 0.15) is 15.8 Å². The molecule has 0 aliphatic carbocycles. The lowest BCUT2D eigenvalue weighted by atomic mass is 9.99. The van der Waals surface area contributed by atoms with Gasteiger partial charge < -0.3 is 9.88 Å². The van der Waals surface area contributed by atoms with Crippen LogP contribution in [0.1, 0.15) is 57.1 Å². The number of unbranched alkanes of at least 4 members (excludes halogenated alkanes) is 1. The first-order valence-electron chi connectivity index (χ1n) is 12.9. The fourth-order valence-electron chi connectivity index (χ4n) is 4.43. The SMILES string of the molecule is CCCCC(CC)CN1C(=O)/C(=C/c2c(NCCCn3ccnc3)nc3c(C)cccn3c2=O)SC1=S. The van der Waals surface area contributed by atoms with Crippen LogP contribution in [0, 0.1) is 12.8 Å². The van der Waals surface area contributed by atoms with Gasteiger partial charge in [-0.25, -0.2) is 9.97 Å². The molecule has 0 spiro atoms. The molecule has 1 amide bonds. The molecule has 0 radical (unpaired) electrons. The molecular weight excluding hydrogens is 504 g/mol. The number of carbonyl (C=O) groups is 1. The summed E-state index contributed by atoms with van der Waals surface area (Å²) >= 11 is 6.84. The van der Waals surface area contributed by atoms with E-state index >= 15 is 0 Å². The molecule has 1 aliphatic rings. The van der Waals surface area contributed by atoms with Crippen molar-refractivity contribution in [3.05, 3.63) is 63.4 Å². The second kappa shape index (κ2) is 12.5. The number of hydrogen-bond acceptors (Lipinski definition) is 7. The minimum absolute atomic E-state index is 0.134. The molecule has 10 heteroatoms. The van der Waals surface area contributed by atoms with E-state index in [9.17, 15) is 9.59 Å². The number of aromatic nitrogens is 4. The predicted octanol–water partition coefficient (Wildman–Crippen LogP) is 5.12. The Balaban J connectivity index is 1.62. The van der Waals surface area contributed by atoms with Crippen LogP contribution in [0.3, 0.4) is 0 Å². The third-order valence-electron chi connectivity index (χ3n) is 6.66. The maximum absolute atomic E-state index is 13.6. The molecular formula is C27H34N6O2S2. The zero-order valence-corrected chi connectivity index (χ0v) is 23.3. The van der Waals surface area contributed by atoms with Gasteiger partial charge in [0.15, 0.2) is 0 Å². The third kappa shape index (κ3) is 6.30. The molecule has 3 aromatic rings. The van der Waals surface area contributed by atoms with Crippen LogP contribution in [-0.2, 0) is 11.3 Å². The standard InChI is InChI=1S/C27H34N6O2S2/c1-4-6-10-20(5-2)17-33-26(35)22(37-27(33)36)16-21-23(29-11-8-13-31-15-12-28-18-31)30-24-19(3)9-7-14-32(24)25(21)34/h7,9,12,14-16,18,20,29H,4-6,8,10-11,13,17H2,1-3H3/b22-16-. The number of carbonyl (C=O) groups excluding carboxylic acids is 1. The van der Waals surface area contributed by atoms with Gasteiger partial charge in [-0.3, -0.25) is 18.9 Å². The molecule has 4 rings (SSSR count). The highest BCUT2D eigenvalue weighted by molar-refractivity contribution is 8.26. The molecule has 0 aromatic carbocycles. The van der Waals surface area contributed by atoms with Crippen molar-refractivity contribution >= 4 is 51.7 Å². The van der Waals surface area contributed by atoms with E-state index in [2.05, 4.69) is 24.1 Å². The number of imidazole rings is 1. The average molecular weight is 539 g/mol. The van der Waals surface area contributed by atoms with Gasteiger partial charge in [-0.15, -0.1) is 0 Å². The number of hydrogen-bond donors (Lipinski definition) is 1. The predicted molar refractivity (Wildman–Crippen MR) is 155 cm³/mol. The van der Waals surface area contributed by atoms with Crippen LogP contribution < -0.4 is 10.9 Å². The largest absolute Gasteiger partial charge is 0.369 e. The minimum Gasteiger partial charge on any atom is -0.369 e. The number of pyridine rings is 1. The van der Waals surface area contributed by atoms with E-state index in [0.29, 0.717) is 45.3 Å². The summed E-state index contributed by atoms with van der Waals surface area (Å²) in [5, 5.41) is 3.34. The van der Waals surface area contributed by atoms with E-state index in [1.807, 2.05) is 29.8 Å². The number of thiocarbonyl (C=S) groups is 1. The molecule has 4 heterocycles. The minimum atomic E-state index is -0.217. The summed E-state index contributed by atoms with van der Waals surface area (Å²) in [6.07, 6.45) is 14.0. The summed E-state index contributed by atoms with van der Waals surface area (Å²) in [6.45, 7) is 8.29. The van der Waals surface area contributed by atoms with Crippen molar-refractivity contribution in [2.24, 2.45) is 5.92 Å². The molecule has 0 bridgehead atoms. The lowest BCUT2D eigenvalue weighted by molar-refractivity contribution is -0.122. The number of anilines is 1. The summed E-state index contributed by atoms with van der Waals surface area (Å²) in [4.78, 5) is 38.0. The summed E-state index contributed by atoms with van der Waals surface area (Å²) < 4.78 is 4.09. The first kappa shape index (κ1) is 27.1. The number of amides is 1. The van der Waals surface area contributed by atoms with E-state index in [0.717, 1.165) is 44.2 Å². The van der Waals surface area contributed by atoms with Crippen molar-refractivity contribution in [2.75, 3.05) is 18.4 Å². The fourth-order valence-corrected chi connectivity index (χ4v) is 5.68. The Kier molecular flexibility index (Phi) is 9.15. The highest BCUT2D eigenvalue weighted by Gasteiger charge is 2.33. The van der Waals surface area contributed by atoms with Gasteiger partial charge in [0.2, 0.25) is 0 Å². The van der Waals surface area contributed by atoms with Crippen LogP contribution in [0.2, 0.25) is 0 Å². The maximum atomic E-state index is 13.6. The highest BCUT2D eigenvalue weighted by Crippen LogP contribution is 2.34. The Morgan fingerprint density at radius 3 is 2.78 bits per heavy atom. The summed E-state index contributed by atoms with van der Waals surface area (Å²) in [6, 6.07) is 3.76. The second-order valence-corrected chi connectivity index (χ2v) is 11.0. The first-order valence-corrected chi connectivity index (χ1v) is 14.1. The van der Waals surface area contributed by atoms with Crippen molar-refractivity contribution in [1.82, 2.24) is 23.8 Å². The van der Waals surface area contributed by atoms with Gasteiger partial charge in [0, 0.05) is 38.2 Å². The number of aryl methyl sites for hydroxylation is 2. The molecule has 1 saturated heterocycles. The van der Waals surface area contributed by atoms with Crippen LogP contribution in [0.5, 0.6) is 0 Å². The second-order valence-electron chi connectivity index (χ2n) is 9.35. The van der Waals surface area contributed by atoms with Crippen LogP contribution in [0.4, 0.5) is 5.82 Å². The molecule has 0 saturated carbocycles. The van der Waals surface area contributed by atoms with Crippen molar-refractivity contribution in [2.45, 2.75) is 59.4 Å². The number of rotatable bonds is 12. The lowest BCUT2D eigenvalue weighted by Crippen LogP contribution is -2.33. The maximum Gasteiger partial charge on any atom is 0.267 e. The molecule has 1 aliphatic heterocycles. The third-order valence-corrected chi connectivity index (χ3v) is 8.04. The topological polar surface area (TPSA) is 84.5 Å². The number of nitrogens with zero attached hydrogens (tertiary/aromatic N) is 5. The van der Waals surface area contributed by atoms with E-state index in [-0.39, 0.29) is 11.5 Å². The van der Waals surface area contributed by atoms with E-state index in [1.165, 1.54) is 16.2 Å². The first-order chi connectivity index (χ1) is 17.9. The monoisotopic (exact) mass is 538 g/mol. The Bertz CT molecular complexity index is 1350. The Morgan fingerprint density at radius 1 is 1.22 bits per heavy atom. The van der Waals surface area contributed by atoms with Crippen molar-refractivity contribution in [1.29, 1.82) is 0 Å². The van der Waals surface area contributed by atoms with Crippen molar-refractivity contribution in [3.63, 3.8) is 0 Å². The number of nitrogens with one attached hydrogen (secondary N) is 1. The van der Waals surface area contributed by atoms with Crippen LogP contribution in [0.25, 0.3) is 11.7 Å². The van der Waals surface area contributed by atoms with Crippen LogP contribution >= 0.6 is 24.0 Å². The van der Waals surface area contributed by atoms with E-state index in [1.54, 1.807) is 29.7 Å². The zero-order valence-electron chi connectivity index (χ0n) is 21.6. The quantitative estimate of drug-likeness (QED) is 0.195. The lowest BCUT2D eigenvalue weighted by Gasteiger charge is -2.21. The normalized spacial score (nSPS) is 15.8. The molecule has 1 N–H and O–H groups in total. The van der Waals surface area contributed by atoms with Gasteiger partial charge in [-0.2, -0.15) is 0 Å². The van der Waals surface area contributed by atoms with E-state index in [4.69, 9.17) is 17.2 Å². The summed E-state index contributed by atoms with van der Waals surface area (Å²) in [5.74, 6) is 0.750. The molecule has 1 unspecified atom stereocenters. The Labute approximate surface area is 227 Å². The van der Waals surface area contributed by atoms with Crippen molar-refractivity contribution in [3.8, 4) is 0 Å². The number of fused-ring (bicyclic) bond motifs is 1. The van der Waals surface area contributed by atoms with Gasteiger partial charge in [0.25, 0.3) is 11.5 Å².